The van der Waals surface area contributed by atoms with Crippen molar-refractivity contribution in [3.05, 3.63) is 0 Å². The smallest absolute Gasteiger partial charge is 0.308 e. The van der Waals surface area contributed by atoms with Gasteiger partial charge in [0.25, 0.3) is 0 Å². The van der Waals surface area contributed by atoms with Gasteiger partial charge in [-0.15, -0.1) is 0 Å². The molecule has 5 nitrogen and oxygen atoms in total. The van der Waals surface area contributed by atoms with E-state index in [-0.39, 0.29) is 23.9 Å². The second kappa shape index (κ2) is 5.95. The summed E-state index contributed by atoms with van der Waals surface area (Å²) in [6, 6.07) is 0.136. The number of nitrogens with one attached hydrogen (secondary N) is 1. The second-order valence-corrected chi connectivity index (χ2v) is 7.07. The highest BCUT2D eigenvalue weighted by molar-refractivity contribution is 5.80. The van der Waals surface area contributed by atoms with Crippen LogP contribution in [0.15, 0.2) is 0 Å². The van der Waals surface area contributed by atoms with E-state index in [1.54, 1.807) is 0 Å². The lowest BCUT2D eigenvalue weighted by atomic mass is 9.85. The first-order valence-corrected chi connectivity index (χ1v) is 8.32. The first-order chi connectivity index (χ1) is 10.1. The minimum atomic E-state index is -0.732. The van der Waals surface area contributed by atoms with E-state index < -0.39 is 5.97 Å². The van der Waals surface area contributed by atoms with Gasteiger partial charge >= 0.3 is 5.97 Å². The summed E-state index contributed by atoms with van der Waals surface area (Å²) in [5.74, 6) is 0.0833. The van der Waals surface area contributed by atoms with E-state index in [2.05, 4.69) is 12.2 Å². The van der Waals surface area contributed by atoms with Gasteiger partial charge in [0.05, 0.1) is 5.92 Å². The number of carbonyl (C=O) groups is 2. The number of hydrogen-bond acceptors (Lipinski definition) is 3. The van der Waals surface area contributed by atoms with E-state index >= 15 is 0 Å². The fourth-order valence-corrected chi connectivity index (χ4v) is 4.55. The Labute approximate surface area is 126 Å². The van der Waals surface area contributed by atoms with Crippen LogP contribution >= 0.6 is 0 Å². The Hall–Kier alpha value is -1.10. The van der Waals surface area contributed by atoms with Gasteiger partial charge in [0, 0.05) is 18.5 Å². The Kier molecular flexibility index (Phi) is 4.20. The molecule has 1 amide bonds. The quantitative estimate of drug-likeness (QED) is 0.824. The Balaban J connectivity index is 1.59. The van der Waals surface area contributed by atoms with E-state index in [1.807, 2.05) is 4.90 Å². The monoisotopic (exact) mass is 294 g/mol. The van der Waals surface area contributed by atoms with Crippen molar-refractivity contribution in [2.24, 2.45) is 17.8 Å². The van der Waals surface area contributed by atoms with E-state index in [9.17, 15) is 14.7 Å². The van der Waals surface area contributed by atoms with E-state index in [1.165, 1.54) is 12.8 Å². The molecule has 5 heteroatoms. The lowest BCUT2D eigenvalue weighted by Gasteiger charge is -2.30. The zero-order valence-corrected chi connectivity index (χ0v) is 12.8. The van der Waals surface area contributed by atoms with Crippen LogP contribution in [0.4, 0.5) is 0 Å². The predicted molar refractivity (Wildman–Crippen MR) is 78.8 cm³/mol. The number of nitrogens with zero attached hydrogens (tertiary/aromatic N) is 1. The third-order valence-electron chi connectivity index (χ3n) is 5.78. The zero-order chi connectivity index (χ0) is 15.0. The van der Waals surface area contributed by atoms with Gasteiger partial charge in [-0.2, -0.15) is 0 Å². The van der Waals surface area contributed by atoms with Crippen molar-refractivity contribution in [1.82, 2.24) is 10.2 Å². The number of carbonyl (C=O) groups excluding carboxylic acids is 1. The van der Waals surface area contributed by atoms with E-state index in [0.29, 0.717) is 24.7 Å². The highest BCUT2D eigenvalue weighted by atomic mass is 16.4. The van der Waals surface area contributed by atoms with Gasteiger partial charge < -0.3 is 15.3 Å². The molecule has 3 heterocycles. The van der Waals surface area contributed by atoms with Crippen molar-refractivity contribution in [1.29, 1.82) is 0 Å². The van der Waals surface area contributed by atoms with Crippen LogP contribution in [0.2, 0.25) is 0 Å². The number of rotatable bonds is 4. The summed E-state index contributed by atoms with van der Waals surface area (Å²) in [4.78, 5) is 25.8. The molecule has 2 bridgehead atoms. The number of carboxylic acids is 1. The van der Waals surface area contributed by atoms with Crippen LogP contribution in [0.3, 0.4) is 0 Å². The SMILES string of the molecule is CC(CC(=O)N1C2CCC1C(C(=O)O)C2)C1CCCNC1. The minimum absolute atomic E-state index is 0.0447. The molecule has 0 aromatic heterocycles. The summed E-state index contributed by atoms with van der Waals surface area (Å²) in [7, 11) is 0. The zero-order valence-electron chi connectivity index (χ0n) is 12.8. The molecule has 0 radical (unpaired) electrons. The molecule has 21 heavy (non-hydrogen) atoms. The van der Waals surface area contributed by atoms with Crippen LogP contribution in [-0.4, -0.2) is 47.1 Å². The third kappa shape index (κ3) is 2.80. The highest BCUT2D eigenvalue weighted by Crippen LogP contribution is 2.42. The number of fused-ring (bicyclic) bond motifs is 2. The summed E-state index contributed by atoms with van der Waals surface area (Å²) in [5.41, 5.74) is 0. The van der Waals surface area contributed by atoms with E-state index in [4.69, 9.17) is 0 Å². The number of hydrogen-bond donors (Lipinski definition) is 2. The molecule has 0 spiro atoms. The average Bonchev–Trinajstić information content (AvgIpc) is 3.05. The summed E-state index contributed by atoms with van der Waals surface area (Å²) >= 11 is 0. The summed E-state index contributed by atoms with van der Waals surface area (Å²) < 4.78 is 0. The van der Waals surface area contributed by atoms with Crippen LogP contribution in [-0.2, 0) is 9.59 Å². The Morgan fingerprint density at radius 1 is 1.33 bits per heavy atom. The molecule has 3 aliphatic rings. The molecule has 0 aromatic rings. The van der Waals surface area contributed by atoms with Gasteiger partial charge in [-0.25, -0.2) is 0 Å². The lowest BCUT2D eigenvalue weighted by Crippen LogP contribution is -2.40. The molecular formula is C16H26N2O3. The molecule has 3 rings (SSSR count). The first-order valence-electron chi connectivity index (χ1n) is 8.32. The normalized spacial score (nSPS) is 36.7. The molecule has 3 fully saturated rings. The third-order valence-corrected chi connectivity index (χ3v) is 5.78. The van der Waals surface area contributed by atoms with Crippen LogP contribution < -0.4 is 5.32 Å². The Morgan fingerprint density at radius 2 is 2.14 bits per heavy atom. The number of piperidine rings is 1. The molecule has 0 aromatic carbocycles. The van der Waals surface area contributed by atoms with Crippen molar-refractivity contribution in [3.8, 4) is 0 Å². The maximum absolute atomic E-state index is 12.6. The van der Waals surface area contributed by atoms with Crippen LogP contribution in [0, 0.1) is 17.8 Å². The minimum Gasteiger partial charge on any atom is -0.481 e. The van der Waals surface area contributed by atoms with Crippen molar-refractivity contribution >= 4 is 11.9 Å². The van der Waals surface area contributed by atoms with Gasteiger partial charge in [0.2, 0.25) is 5.91 Å². The Bertz CT molecular complexity index is 420. The van der Waals surface area contributed by atoms with Gasteiger partial charge in [-0.1, -0.05) is 6.92 Å². The molecule has 5 unspecified atom stereocenters. The maximum Gasteiger partial charge on any atom is 0.308 e. The molecule has 3 saturated heterocycles. The van der Waals surface area contributed by atoms with E-state index in [0.717, 1.165) is 25.9 Å². The molecule has 3 aliphatic heterocycles. The van der Waals surface area contributed by atoms with Crippen molar-refractivity contribution in [2.45, 2.75) is 57.5 Å². The van der Waals surface area contributed by atoms with Crippen molar-refractivity contribution in [2.75, 3.05) is 13.1 Å². The molecule has 0 aliphatic carbocycles. The van der Waals surface area contributed by atoms with Crippen LogP contribution in [0.5, 0.6) is 0 Å². The van der Waals surface area contributed by atoms with Gasteiger partial charge in [-0.05, 0) is 57.0 Å². The topological polar surface area (TPSA) is 69.6 Å². The average molecular weight is 294 g/mol. The number of aliphatic carboxylic acids is 1. The van der Waals surface area contributed by atoms with Gasteiger partial charge in [0.1, 0.15) is 0 Å². The van der Waals surface area contributed by atoms with Crippen LogP contribution in [0.25, 0.3) is 0 Å². The fourth-order valence-electron chi connectivity index (χ4n) is 4.55. The van der Waals surface area contributed by atoms with Gasteiger partial charge in [0.15, 0.2) is 0 Å². The van der Waals surface area contributed by atoms with Gasteiger partial charge in [-0.3, -0.25) is 9.59 Å². The first kappa shape index (κ1) is 14.8. The molecule has 2 N–H and O–H groups in total. The lowest BCUT2D eigenvalue weighted by molar-refractivity contribution is -0.143. The molecule has 0 saturated carbocycles. The van der Waals surface area contributed by atoms with Crippen molar-refractivity contribution in [3.63, 3.8) is 0 Å². The second-order valence-electron chi connectivity index (χ2n) is 7.07. The standard InChI is InChI=1S/C16H26N2O3/c1-10(11-3-2-6-17-9-11)7-15(19)18-12-4-5-14(18)13(8-12)16(20)21/h10-14,17H,2-9H2,1H3,(H,20,21). The summed E-state index contributed by atoms with van der Waals surface area (Å²) in [5, 5.41) is 12.7. The summed E-state index contributed by atoms with van der Waals surface area (Å²) in [6.45, 7) is 4.27. The summed E-state index contributed by atoms with van der Waals surface area (Å²) in [6.07, 6.45) is 5.48. The van der Waals surface area contributed by atoms with Crippen LogP contribution in [0.1, 0.15) is 45.4 Å². The Morgan fingerprint density at radius 3 is 2.76 bits per heavy atom. The molecular weight excluding hydrogens is 268 g/mol. The molecule has 118 valence electrons. The van der Waals surface area contributed by atoms with Crippen molar-refractivity contribution < 1.29 is 14.7 Å². The largest absolute Gasteiger partial charge is 0.481 e. The number of amides is 1. The fraction of sp³-hybridized carbons (Fsp3) is 0.875. The maximum atomic E-state index is 12.6. The highest BCUT2D eigenvalue weighted by Gasteiger charge is 2.51. The predicted octanol–water partition coefficient (Wildman–Crippen LogP) is 1.48. The number of carboxylic acid groups (broad SMARTS) is 1. The molecule has 5 atom stereocenters.